The third-order valence-corrected chi connectivity index (χ3v) is 5.26. The molecule has 2 amide bonds. The van der Waals surface area contributed by atoms with Crippen LogP contribution in [-0.4, -0.2) is 40.1 Å². The molecule has 150 valence electrons. The van der Waals surface area contributed by atoms with Crippen LogP contribution in [0.15, 0.2) is 54.9 Å². The number of aromatic nitrogens is 2. The maximum atomic E-state index is 13.0. The monoisotopic (exact) mass is 392 g/mol. The number of fused-ring (bicyclic) bond motifs is 2. The minimum atomic E-state index is -1.58. The van der Waals surface area contributed by atoms with Gasteiger partial charge in [-0.15, -0.1) is 0 Å². The van der Waals surface area contributed by atoms with E-state index in [9.17, 15) is 9.59 Å². The number of likely N-dealkylation sites (N-methyl/N-ethyl adjacent to an activating group) is 1. The van der Waals surface area contributed by atoms with Crippen LogP contribution in [0.5, 0.6) is 5.75 Å². The predicted molar refractivity (Wildman–Crippen MR) is 111 cm³/mol. The number of para-hydroxylation sites is 4. The van der Waals surface area contributed by atoms with E-state index in [1.54, 1.807) is 17.3 Å². The summed E-state index contributed by atoms with van der Waals surface area (Å²) in [5, 5.41) is 2.86. The molecule has 0 saturated carbocycles. The van der Waals surface area contributed by atoms with Gasteiger partial charge in [0.15, 0.2) is 0 Å². The van der Waals surface area contributed by atoms with Gasteiger partial charge in [0, 0.05) is 19.6 Å². The Hall–Kier alpha value is -3.35. The van der Waals surface area contributed by atoms with Crippen LogP contribution >= 0.6 is 0 Å². The molecule has 0 aliphatic carbocycles. The fourth-order valence-electron chi connectivity index (χ4n) is 3.66. The van der Waals surface area contributed by atoms with Gasteiger partial charge in [-0.1, -0.05) is 24.3 Å². The highest BCUT2D eigenvalue weighted by atomic mass is 16.5. The molecule has 0 saturated heterocycles. The molecule has 0 fully saturated rings. The number of hydrogen-bond donors (Lipinski definition) is 1. The van der Waals surface area contributed by atoms with E-state index >= 15 is 0 Å². The Morgan fingerprint density at radius 1 is 1.17 bits per heavy atom. The first-order valence-electron chi connectivity index (χ1n) is 9.83. The highest BCUT2D eigenvalue weighted by molar-refractivity contribution is 6.16. The van der Waals surface area contributed by atoms with E-state index in [4.69, 9.17) is 4.74 Å². The molecule has 7 nitrogen and oxygen atoms in total. The fourth-order valence-corrected chi connectivity index (χ4v) is 3.66. The third kappa shape index (κ3) is 3.33. The second-order valence-electron chi connectivity index (χ2n) is 7.19. The molecule has 2 heterocycles. The summed E-state index contributed by atoms with van der Waals surface area (Å²) >= 11 is 0. The van der Waals surface area contributed by atoms with Crippen molar-refractivity contribution in [3.63, 3.8) is 0 Å². The quantitative estimate of drug-likeness (QED) is 0.517. The molecule has 3 aromatic rings. The van der Waals surface area contributed by atoms with Gasteiger partial charge in [0.2, 0.25) is 0 Å². The van der Waals surface area contributed by atoms with Gasteiger partial charge < -0.3 is 19.5 Å². The van der Waals surface area contributed by atoms with Crippen LogP contribution in [0.1, 0.15) is 20.3 Å². The summed E-state index contributed by atoms with van der Waals surface area (Å²) in [6, 6.07) is 15.2. The summed E-state index contributed by atoms with van der Waals surface area (Å²) in [6.45, 7) is 5.04. The third-order valence-electron chi connectivity index (χ3n) is 5.26. The molecule has 0 bridgehead atoms. The number of imidazole rings is 1. The zero-order chi connectivity index (χ0) is 20.4. The van der Waals surface area contributed by atoms with Crippen molar-refractivity contribution < 1.29 is 14.3 Å². The van der Waals surface area contributed by atoms with Crippen LogP contribution in [0.4, 0.5) is 5.69 Å². The topological polar surface area (TPSA) is 76.5 Å². The minimum Gasteiger partial charge on any atom is -0.466 e. The van der Waals surface area contributed by atoms with Crippen LogP contribution in [0.2, 0.25) is 0 Å². The molecular formula is C22H24N4O3. The van der Waals surface area contributed by atoms with Gasteiger partial charge in [0.25, 0.3) is 17.4 Å². The average molecular weight is 392 g/mol. The SMILES string of the molecule is CCN1C(=O)C(C)(C(=O)NCCCn2cnc3ccccc32)Oc2ccccc21. The zero-order valence-electron chi connectivity index (χ0n) is 16.6. The van der Waals surface area contributed by atoms with E-state index in [0.29, 0.717) is 30.9 Å². The Morgan fingerprint density at radius 2 is 1.93 bits per heavy atom. The molecule has 0 spiro atoms. The van der Waals surface area contributed by atoms with E-state index < -0.39 is 11.5 Å². The number of aryl methyl sites for hydroxylation is 1. The number of ether oxygens (including phenoxy) is 1. The summed E-state index contributed by atoms with van der Waals surface area (Å²) in [5.41, 5.74) is 1.12. The fraction of sp³-hybridized carbons (Fsp3) is 0.318. The lowest BCUT2D eigenvalue weighted by Crippen LogP contribution is -2.62. The van der Waals surface area contributed by atoms with Crippen molar-refractivity contribution in [3.8, 4) is 5.75 Å². The molecule has 7 heteroatoms. The summed E-state index contributed by atoms with van der Waals surface area (Å²) in [4.78, 5) is 31.8. The van der Waals surface area contributed by atoms with Gasteiger partial charge in [-0.3, -0.25) is 9.59 Å². The maximum absolute atomic E-state index is 13.0. The van der Waals surface area contributed by atoms with Crippen molar-refractivity contribution in [3.05, 3.63) is 54.9 Å². The zero-order valence-corrected chi connectivity index (χ0v) is 16.6. The smallest absolute Gasteiger partial charge is 0.280 e. The number of nitrogens with one attached hydrogen (secondary N) is 1. The van der Waals surface area contributed by atoms with Gasteiger partial charge in [-0.2, -0.15) is 0 Å². The highest BCUT2D eigenvalue weighted by Gasteiger charge is 2.50. The van der Waals surface area contributed by atoms with Crippen molar-refractivity contribution in [2.45, 2.75) is 32.4 Å². The second-order valence-corrected chi connectivity index (χ2v) is 7.19. The lowest BCUT2D eigenvalue weighted by Gasteiger charge is -2.39. The number of hydrogen-bond acceptors (Lipinski definition) is 4. The number of nitrogens with zero attached hydrogens (tertiary/aromatic N) is 3. The lowest BCUT2D eigenvalue weighted by atomic mass is 10.00. The Morgan fingerprint density at radius 3 is 2.76 bits per heavy atom. The van der Waals surface area contributed by atoms with Crippen molar-refractivity contribution in [1.29, 1.82) is 0 Å². The predicted octanol–water partition coefficient (Wildman–Crippen LogP) is 2.75. The van der Waals surface area contributed by atoms with Gasteiger partial charge in [-0.25, -0.2) is 4.98 Å². The first-order chi connectivity index (χ1) is 14.0. The number of benzene rings is 2. The van der Waals surface area contributed by atoms with Crippen LogP contribution < -0.4 is 15.0 Å². The molecular weight excluding hydrogens is 368 g/mol. The minimum absolute atomic E-state index is 0.350. The largest absolute Gasteiger partial charge is 0.466 e. The summed E-state index contributed by atoms with van der Waals surface area (Å²) < 4.78 is 7.92. The number of rotatable bonds is 6. The first-order valence-corrected chi connectivity index (χ1v) is 9.83. The van der Waals surface area contributed by atoms with Gasteiger partial charge in [0.05, 0.1) is 23.0 Å². The summed E-state index contributed by atoms with van der Waals surface area (Å²) in [5.74, 6) is -0.237. The van der Waals surface area contributed by atoms with E-state index in [0.717, 1.165) is 17.6 Å². The second kappa shape index (κ2) is 7.58. The van der Waals surface area contributed by atoms with Crippen molar-refractivity contribution in [2.75, 3.05) is 18.0 Å². The van der Waals surface area contributed by atoms with E-state index in [1.807, 2.05) is 49.4 Å². The average Bonchev–Trinajstić information content (AvgIpc) is 3.15. The van der Waals surface area contributed by atoms with Crippen LogP contribution in [0, 0.1) is 0 Å². The molecule has 4 rings (SSSR count). The number of amides is 2. The summed E-state index contributed by atoms with van der Waals surface area (Å²) in [7, 11) is 0. The molecule has 2 aromatic carbocycles. The van der Waals surface area contributed by atoms with Crippen molar-refractivity contribution in [2.24, 2.45) is 0 Å². The van der Waals surface area contributed by atoms with Gasteiger partial charge in [-0.05, 0) is 44.5 Å². The van der Waals surface area contributed by atoms with E-state index in [2.05, 4.69) is 14.9 Å². The Bertz CT molecular complexity index is 1060. The van der Waals surface area contributed by atoms with Crippen LogP contribution in [0.25, 0.3) is 11.0 Å². The Labute approximate surface area is 169 Å². The number of carbonyl (C=O) groups excluding carboxylic acids is 2. The molecule has 29 heavy (non-hydrogen) atoms. The van der Waals surface area contributed by atoms with Crippen LogP contribution in [0.3, 0.4) is 0 Å². The van der Waals surface area contributed by atoms with Crippen LogP contribution in [-0.2, 0) is 16.1 Å². The normalized spacial score (nSPS) is 18.4. The molecule has 1 unspecified atom stereocenters. The molecule has 1 aromatic heterocycles. The maximum Gasteiger partial charge on any atom is 0.280 e. The lowest BCUT2D eigenvalue weighted by molar-refractivity contribution is -0.148. The highest BCUT2D eigenvalue weighted by Crippen LogP contribution is 2.37. The van der Waals surface area contributed by atoms with E-state index in [1.165, 1.54) is 6.92 Å². The van der Waals surface area contributed by atoms with Crippen molar-refractivity contribution in [1.82, 2.24) is 14.9 Å². The molecule has 1 aliphatic rings. The Balaban J connectivity index is 1.41. The van der Waals surface area contributed by atoms with Crippen molar-refractivity contribution >= 4 is 28.5 Å². The number of anilines is 1. The number of carbonyl (C=O) groups is 2. The van der Waals surface area contributed by atoms with Gasteiger partial charge >= 0.3 is 0 Å². The standard InChI is InChI=1S/C22H24N4O3/c1-3-26-18-11-6-7-12-19(18)29-22(2,21(26)28)20(27)23-13-8-14-25-15-24-16-9-4-5-10-17(16)25/h4-7,9-12,15H,3,8,13-14H2,1-2H3,(H,23,27). The Kier molecular flexibility index (Phi) is 4.96. The summed E-state index contributed by atoms with van der Waals surface area (Å²) in [6.07, 6.45) is 2.52. The van der Waals surface area contributed by atoms with E-state index in [-0.39, 0.29) is 5.91 Å². The molecule has 1 atom stereocenters. The van der Waals surface area contributed by atoms with Gasteiger partial charge in [0.1, 0.15) is 5.75 Å². The molecule has 1 aliphatic heterocycles. The first kappa shape index (κ1) is 19.0. The molecule has 0 radical (unpaired) electrons. The molecule has 1 N–H and O–H groups in total.